The SMILES string of the molecule is Cc1ccc(C(=O)Nc2nncs2)c(-n2cnnn2)c1C. The minimum atomic E-state index is -0.277. The average Bonchev–Trinajstić information content (AvgIpc) is 3.14. The molecule has 0 saturated heterocycles. The molecule has 0 bridgehead atoms. The van der Waals surface area contributed by atoms with Crippen LogP contribution >= 0.6 is 11.3 Å². The Hall–Kier alpha value is -2.68. The van der Waals surface area contributed by atoms with Crippen molar-refractivity contribution >= 4 is 22.4 Å². The number of carbonyl (C=O) groups is 1. The highest BCUT2D eigenvalue weighted by Crippen LogP contribution is 2.23. The van der Waals surface area contributed by atoms with Gasteiger partial charge in [-0.05, 0) is 41.5 Å². The molecule has 3 aromatic rings. The molecule has 0 aliphatic carbocycles. The summed E-state index contributed by atoms with van der Waals surface area (Å²) in [6.45, 7) is 3.89. The Bertz CT molecular complexity index is 767. The van der Waals surface area contributed by atoms with Crippen LogP contribution in [0.3, 0.4) is 0 Å². The Morgan fingerprint density at radius 2 is 2.14 bits per heavy atom. The van der Waals surface area contributed by atoms with Gasteiger partial charge in [0.15, 0.2) is 0 Å². The van der Waals surface area contributed by atoms with Gasteiger partial charge < -0.3 is 0 Å². The van der Waals surface area contributed by atoms with Crippen molar-refractivity contribution in [2.75, 3.05) is 5.32 Å². The highest BCUT2D eigenvalue weighted by Gasteiger charge is 2.18. The summed E-state index contributed by atoms with van der Waals surface area (Å²) in [5.41, 5.74) is 4.67. The smallest absolute Gasteiger partial charge is 0.259 e. The van der Waals surface area contributed by atoms with Crippen LogP contribution in [0.4, 0.5) is 5.13 Å². The van der Waals surface area contributed by atoms with E-state index in [1.54, 1.807) is 11.6 Å². The van der Waals surface area contributed by atoms with E-state index in [9.17, 15) is 4.79 Å². The third kappa shape index (κ3) is 2.50. The maximum Gasteiger partial charge on any atom is 0.259 e. The molecule has 8 nitrogen and oxygen atoms in total. The lowest BCUT2D eigenvalue weighted by atomic mass is 10.0. The van der Waals surface area contributed by atoms with Gasteiger partial charge in [0.2, 0.25) is 5.13 Å². The maximum atomic E-state index is 12.4. The summed E-state index contributed by atoms with van der Waals surface area (Å²) in [5.74, 6) is -0.277. The lowest BCUT2D eigenvalue weighted by Crippen LogP contribution is -2.16. The fourth-order valence-corrected chi connectivity index (χ4v) is 2.38. The molecule has 3 rings (SSSR count). The molecule has 9 heteroatoms. The molecule has 106 valence electrons. The summed E-state index contributed by atoms with van der Waals surface area (Å²) < 4.78 is 1.48. The van der Waals surface area contributed by atoms with Crippen LogP contribution in [0.25, 0.3) is 5.69 Å². The quantitative estimate of drug-likeness (QED) is 0.784. The van der Waals surface area contributed by atoms with E-state index < -0.39 is 0 Å². The summed E-state index contributed by atoms with van der Waals surface area (Å²) in [6.07, 6.45) is 1.46. The minimum absolute atomic E-state index is 0.277. The van der Waals surface area contributed by atoms with Crippen molar-refractivity contribution < 1.29 is 4.79 Å². The molecular formula is C12H11N7OS. The van der Waals surface area contributed by atoms with Crippen LogP contribution in [-0.2, 0) is 0 Å². The number of amides is 1. The van der Waals surface area contributed by atoms with Gasteiger partial charge in [-0.15, -0.1) is 15.3 Å². The van der Waals surface area contributed by atoms with E-state index in [4.69, 9.17) is 0 Å². The van der Waals surface area contributed by atoms with Gasteiger partial charge in [0.25, 0.3) is 5.91 Å². The minimum Gasteiger partial charge on any atom is -0.296 e. The Morgan fingerprint density at radius 1 is 1.29 bits per heavy atom. The van der Waals surface area contributed by atoms with Crippen LogP contribution in [0, 0.1) is 13.8 Å². The zero-order chi connectivity index (χ0) is 14.8. The van der Waals surface area contributed by atoms with Crippen molar-refractivity contribution in [1.82, 2.24) is 30.4 Å². The number of nitrogens with zero attached hydrogens (tertiary/aromatic N) is 6. The van der Waals surface area contributed by atoms with Crippen LogP contribution < -0.4 is 5.32 Å². The number of aromatic nitrogens is 6. The number of anilines is 1. The molecule has 0 fully saturated rings. The van der Waals surface area contributed by atoms with Gasteiger partial charge in [0.05, 0.1) is 11.3 Å². The second-order valence-corrected chi connectivity index (χ2v) is 5.19. The fourth-order valence-electron chi connectivity index (χ4n) is 1.94. The molecule has 21 heavy (non-hydrogen) atoms. The predicted octanol–water partition coefficient (Wildman–Crippen LogP) is 1.38. The monoisotopic (exact) mass is 301 g/mol. The van der Waals surface area contributed by atoms with Crippen LogP contribution in [-0.4, -0.2) is 36.3 Å². The van der Waals surface area contributed by atoms with Crippen molar-refractivity contribution in [2.45, 2.75) is 13.8 Å². The number of hydrogen-bond acceptors (Lipinski definition) is 7. The lowest BCUT2D eigenvalue weighted by Gasteiger charge is -2.13. The first kappa shape index (κ1) is 13.3. The fraction of sp³-hybridized carbons (Fsp3) is 0.167. The molecule has 2 aromatic heterocycles. The van der Waals surface area contributed by atoms with E-state index in [1.165, 1.54) is 22.3 Å². The molecule has 0 spiro atoms. The Kier molecular flexibility index (Phi) is 3.40. The third-order valence-corrected chi connectivity index (χ3v) is 3.71. The van der Waals surface area contributed by atoms with Gasteiger partial charge in [-0.1, -0.05) is 17.4 Å². The van der Waals surface area contributed by atoms with E-state index in [0.717, 1.165) is 11.1 Å². The summed E-state index contributed by atoms with van der Waals surface area (Å²) in [4.78, 5) is 12.4. The van der Waals surface area contributed by atoms with Crippen molar-refractivity contribution in [3.05, 3.63) is 40.7 Å². The lowest BCUT2D eigenvalue weighted by molar-refractivity contribution is 0.102. The van der Waals surface area contributed by atoms with Gasteiger partial charge in [-0.2, -0.15) is 4.68 Å². The van der Waals surface area contributed by atoms with Gasteiger partial charge in [-0.25, -0.2) is 0 Å². The highest BCUT2D eigenvalue weighted by molar-refractivity contribution is 7.13. The zero-order valence-corrected chi connectivity index (χ0v) is 12.1. The number of tetrazole rings is 1. The van der Waals surface area contributed by atoms with E-state index in [-0.39, 0.29) is 5.91 Å². The Morgan fingerprint density at radius 3 is 2.81 bits per heavy atom. The number of carbonyl (C=O) groups excluding carboxylic acids is 1. The molecule has 1 N–H and O–H groups in total. The van der Waals surface area contributed by atoms with Crippen molar-refractivity contribution in [3.8, 4) is 5.69 Å². The number of benzene rings is 1. The number of nitrogens with one attached hydrogen (secondary N) is 1. The van der Waals surface area contributed by atoms with E-state index >= 15 is 0 Å². The second-order valence-electron chi connectivity index (χ2n) is 4.36. The largest absolute Gasteiger partial charge is 0.296 e. The van der Waals surface area contributed by atoms with Crippen LogP contribution in [0.2, 0.25) is 0 Å². The highest BCUT2D eigenvalue weighted by atomic mass is 32.1. The summed E-state index contributed by atoms with van der Waals surface area (Å²) in [7, 11) is 0. The van der Waals surface area contributed by atoms with Gasteiger partial charge in [0.1, 0.15) is 11.8 Å². The van der Waals surface area contributed by atoms with Crippen molar-refractivity contribution in [3.63, 3.8) is 0 Å². The molecule has 0 atom stereocenters. The normalized spacial score (nSPS) is 10.6. The first-order valence-corrected chi connectivity index (χ1v) is 6.96. The second kappa shape index (κ2) is 5.37. The predicted molar refractivity (Wildman–Crippen MR) is 76.5 cm³/mol. The molecule has 0 aliphatic heterocycles. The molecule has 0 saturated carbocycles. The van der Waals surface area contributed by atoms with Crippen LogP contribution in [0.15, 0.2) is 24.0 Å². The number of aryl methyl sites for hydroxylation is 1. The molecule has 0 radical (unpaired) electrons. The van der Waals surface area contributed by atoms with E-state index in [1.807, 2.05) is 19.9 Å². The van der Waals surface area contributed by atoms with Crippen LogP contribution in [0.1, 0.15) is 21.5 Å². The van der Waals surface area contributed by atoms with Gasteiger partial charge in [0, 0.05) is 0 Å². The zero-order valence-electron chi connectivity index (χ0n) is 11.3. The summed E-state index contributed by atoms with van der Waals surface area (Å²) in [5, 5.41) is 21.8. The first-order valence-electron chi connectivity index (χ1n) is 6.08. The van der Waals surface area contributed by atoms with Crippen LogP contribution in [0.5, 0.6) is 0 Å². The summed E-state index contributed by atoms with van der Waals surface area (Å²) >= 11 is 1.26. The molecule has 1 amide bonds. The molecular weight excluding hydrogens is 290 g/mol. The third-order valence-electron chi connectivity index (χ3n) is 3.11. The molecule has 1 aromatic carbocycles. The Labute approximate surface area is 123 Å². The standard InChI is InChI=1S/C12H11N7OS/c1-7-3-4-9(11(20)15-12-16-14-6-21-12)10(8(7)2)19-5-13-17-18-19/h3-6H,1-2H3,(H,15,16,20). The van der Waals surface area contributed by atoms with E-state index in [2.05, 4.69) is 31.0 Å². The topological polar surface area (TPSA) is 98.5 Å². The van der Waals surface area contributed by atoms with Gasteiger partial charge >= 0.3 is 0 Å². The molecule has 2 heterocycles. The van der Waals surface area contributed by atoms with E-state index in [0.29, 0.717) is 16.4 Å². The molecule has 0 unspecified atom stereocenters. The Balaban J connectivity index is 2.06. The summed E-state index contributed by atoms with van der Waals surface area (Å²) in [6, 6.07) is 3.63. The average molecular weight is 301 g/mol. The number of rotatable bonds is 3. The van der Waals surface area contributed by atoms with Crippen molar-refractivity contribution in [1.29, 1.82) is 0 Å². The molecule has 0 aliphatic rings. The maximum absolute atomic E-state index is 12.4. The first-order chi connectivity index (χ1) is 10.2. The van der Waals surface area contributed by atoms with Gasteiger partial charge in [-0.3, -0.25) is 10.1 Å². The van der Waals surface area contributed by atoms with Crippen molar-refractivity contribution in [2.24, 2.45) is 0 Å². The number of hydrogen-bond donors (Lipinski definition) is 1.